The highest BCUT2D eigenvalue weighted by molar-refractivity contribution is 6.10. The van der Waals surface area contributed by atoms with Crippen molar-refractivity contribution in [3.8, 4) is 28.7 Å². The summed E-state index contributed by atoms with van der Waals surface area (Å²) in [5, 5.41) is 23.1. The van der Waals surface area contributed by atoms with Crippen LogP contribution in [0.2, 0.25) is 0 Å². The molecule has 2 unspecified atom stereocenters. The Kier molecular flexibility index (Phi) is 4.83. The minimum atomic E-state index is -2.21. The molecule has 3 aliphatic rings. The van der Waals surface area contributed by atoms with Gasteiger partial charge in [-0.3, -0.25) is 9.59 Å². The number of phenolic OH excluding ortho intramolecular Hbond substituents is 1. The van der Waals surface area contributed by atoms with Gasteiger partial charge in [0.25, 0.3) is 5.79 Å². The summed E-state index contributed by atoms with van der Waals surface area (Å²) in [7, 11) is 0. The molecular formula is C27H26O8. The number of fused-ring (bicyclic) bond motifs is 5. The Morgan fingerprint density at radius 1 is 1.06 bits per heavy atom. The fraction of sp³-hybridized carbons (Fsp3) is 0.333. The number of hydrogen-bond acceptors (Lipinski definition) is 8. The number of phenols is 1. The number of ether oxygens (including phenoxy) is 4. The molecule has 0 radical (unpaired) electrons. The van der Waals surface area contributed by atoms with E-state index in [0.29, 0.717) is 11.3 Å². The first kappa shape index (κ1) is 23.0. The zero-order valence-corrected chi connectivity index (χ0v) is 20.1. The van der Waals surface area contributed by atoms with Crippen molar-refractivity contribution in [3.05, 3.63) is 58.7 Å². The van der Waals surface area contributed by atoms with Gasteiger partial charge in [0.05, 0.1) is 11.1 Å². The van der Waals surface area contributed by atoms with Gasteiger partial charge in [-0.1, -0.05) is 11.6 Å². The van der Waals surface area contributed by atoms with Crippen molar-refractivity contribution >= 4 is 17.8 Å². The van der Waals surface area contributed by atoms with Gasteiger partial charge in [0.15, 0.2) is 0 Å². The van der Waals surface area contributed by atoms with Crippen LogP contribution in [-0.4, -0.2) is 33.2 Å². The van der Waals surface area contributed by atoms with Crippen LogP contribution < -0.4 is 18.9 Å². The summed E-state index contributed by atoms with van der Waals surface area (Å²) in [5.74, 6) is -3.05. The van der Waals surface area contributed by atoms with Crippen LogP contribution in [0.1, 0.15) is 62.5 Å². The van der Waals surface area contributed by atoms with Crippen molar-refractivity contribution < 1.29 is 38.7 Å². The monoisotopic (exact) mass is 478 g/mol. The van der Waals surface area contributed by atoms with Gasteiger partial charge >= 0.3 is 5.97 Å². The molecule has 3 aliphatic heterocycles. The average Bonchev–Trinajstić information content (AvgIpc) is 2.99. The molecule has 0 saturated heterocycles. The van der Waals surface area contributed by atoms with Crippen LogP contribution in [0, 0.1) is 0 Å². The standard InChI is InChI=1S/C27H26O8/c1-14(2)8-11-26-24(30)22-21(13-19-17(23(22)29)9-10-25(4,5)33-19)35-27(26,31)18-7-6-16(32-15(3)28)12-20(18)34-26/h6-10,12-13,29,31H,11H2,1-5H3. The van der Waals surface area contributed by atoms with Gasteiger partial charge in [-0.05, 0) is 52.0 Å². The number of aromatic hydroxyl groups is 1. The lowest BCUT2D eigenvalue weighted by Crippen LogP contribution is -2.62. The lowest BCUT2D eigenvalue weighted by molar-refractivity contribution is -0.221. The third-order valence-corrected chi connectivity index (χ3v) is 6.35. The summed E-state index contributed by atoms with van der Waals surface area (Å²) in [6, 6.07) is 5.92. The van der Waals surface area contributed by atoms with Crippen LogP contribution in [0.15, 0.2) is 42.0 Å². The minimum absolute atomic E-state index is 0.0202. The number of esters is 1. The summed E-state index contributed by atoms with van der Waals surface area (Å²) in [6.07, 6.45) is 5.21. The van der Waals surface area contributed by atoms with Crippen molar-refractivity contribution in [1.82, 2.24) is 0 Å². The summed E-state index contributed by atoms with van der Waals surface area (Å²) in [5.41, 5.74) is -1.21. The highest BCUT2D eigenvalue weighted by Gasteiger charge is 2.69. The molecule has 0 aliphatic carbocycles. The molecule has 35 heavy (non-hydrogen) atoms. The molecule has 0 amide bonds. The van der Waals surface area contributed by atoms with E-state index in [0.717, 1.165) is 5.57 Å². The molecule has 5 rings (SSSR count). The van der Waals surface area contributed by atoms with E-state index in [1.165, 1.54) is 31.2 Å². The number of aliphatic hydroxyl groups is 1. The summed E-state index contributed by atoms with van der Waals surface area (Å²) >= 11 is 0. The predicted octanol–water partition coefficient (Wildman–Crippen LogP) is 4.41. The van der Waals surface area contributed by atoms with Gasteiger partial charge in [-0.25, -0.2) is 0 Å². The average molecular weight is 478 g/mol. The lowest BCUT2D eigenvalue weighted by Gasteiger charge is -2.43. The van der Waals surface area contributed by atoms with Crippen molar-refractivity contribution in [1.29, 1.82) is 0 Å². The number of Topliss-reactive ketones (excluding diaryl/α,β-unsaturated/α-hetero) is 1. The largest absolute Gasteiger partial charge is 0.506 e. The third kappa shape index (κ3) is 3.31. The van der Waals surface area contributed by atoms with Crippen LogP contribution in [0.5, 0.6) is 28.7 Å². The first-order chi connectivity index (χ1) is 16.4. The van der Waals surface area contributed by atoms with Gasteiger partial charge in [-0.2, -0.15) is 0 Å². The molecule has 0 fully saturated rings. The summed E-state index contributed by atoms with van der Waals surface area (Å²) in [6.45, 7) is 8.69. The maximum absolute atomic E-state index is 14.1. The number of benzene rings is 2. The van der Waals surface area contributed by atoms with Gasteiger partial charge in [0.1, 0.15) is 39.9 Å². The fourth-order valence-electron chi connectivity index (χ4n) is 4.67. The Labute approximate surface area is 202 Å². The van der Waals surface area contributed by atoms with Crippen molar-refractivity contribution in [3.63, 3.8) is 0 Å². The molecule has 3 heterocycles. The van der Waals surface area contributed by atoms with E-state index in [1.54, 1.807) is 18.2 Å². The Balaban J connectivity index is 1.71. The molecule has 0 bridgehead atoms. The number of hydrogen-bond donors (Lipinski definition) is 2. The Morgan fingerprint density at radius 3 is 2.49 bits per heavy atom. The SMILES string of the molecule is CC(=O)Oc1ccc2c(c1)OC1(CC=C(C)C)C(=O)c3c(cc4c(c3O)C=CC(C)(C)O4)OC21O. The van der Waals surface area contributed by atoms with E-state index in [1.807, 2.05) is 27.7 Å². The molecule has 2 aromatic rings. The normalized spacial score (nSPS) is 24.6. The van der Waals surface area contributed by atoms with E-state index in [-0.39, 0.29) is 40.5 Å². The topological polar surface area (TPSA) is 112 Å². The molecule has 2 aromatic carbocycles. The quantitative estimate of drug-likeness (QED) is 0.379. The van der Waals surface area contributed by atoms with E-state index in [2.05, 4.69) is 0 Å². The van der Waals surface area contributed by atoms with E-state index in [9.17, 15) is 19.8 Å². The minimum Gasteiger partial charge on any atom is -0.506 e. The van der Waals surface area contributed by atoms with Gasteiger partial charge < -0.3 is 29.2 Å². The molecule has 0 saturated carbocycles. The Bertz CT molecular complexity index is 1350. The van der Waals surface area contributed by atoms with Gasteiger partial charge in [-0.15, -0.1) is 0 Å². The summed E-state index contributed by atoms with van der Waals surface area (Å²) in [4.78, 5) is 25.5. The maximum Gasteiger partial charge on any atom is 0.308 e. The molecule has 0 aromatic heterocycles. The van der Waals surface area contributed by atoms with Crippen molar-refractivity contribution in [2.24, 2.45) is 0 Å². The number of carbonyl (C=O) groups excluding carboxylic acids is 2. The second-order valence-electron chi connectivity index (χ2n) is 9.79. The molecular weight excluding hydrogens is 452 g/mol. The van der Waals surface area contributed by atoms with Crippen LogP contribution >= 0.6 is 0 Å². The number of rotatable bonds is 3. The fourth-order valence-corrected chi connectivity index (χ4v) is 4.67. The van der Waals surface area contributed by atoms with Gasteiger partial charge in [0, 0.05) is 25.5 Å². The molecule has 182 valence electrons. The maximum atomic E-state index is 14.1. The second kappa shape index (κ2) is 7.36. The molecule has 8 heteroatoms. The van der Waals surface area contributed by atoms with E-state index < -0.39 is 28.7 Å². The summed E-state index contributed by atoms with van der Waals surface area (Å²) < 4.78 is 23.4. The van der Waals surface area contributed by atoms with E-state index in [4.69, 9.17) is 18.9 Å². The van der Waals surface area contributed by atoms with Crippen molar-refractivity contribution in [2.45, 2.75) is 58.0 Å². The molecule has 0 spiro atoms. The second-order valence-corrected chi connectivity index (χ2v) is 9.79. The van der Waals surface area contributed by atoms with Crippen LogP contribution in [0.3, 0.4) is 0 Å². The number of ketones is 1. The highest BCUT2D eigenvalue weighted by atomic mass is 16.7. The molecule has 2 N–H and O–H groups in total. The highest BCUT2D eigenvalue weighted by Crippen LogP contribution is 2.58. The Morgan fingerprint density at radius 2 is 1.80 bits per heavy atom. The van der Waals surface area contributed by atoms with Crippen LogP contribution in [0.4, 0.5) is 0 Å². The molecule has 2 atom stereocenters. The predicted molar refractivity (Wildman–Crippen MR) is 126 cm³/mol. The zero-order chi connectivity index (χ0) is 25.3. The van der Waals surface area contributed by atoms with Crippen LogP contribution in [-0.2, 0) is 10.6 Å². The van der Waals surface area contributed by atoms with E-state index >= 15 is 0 Å². The molecule has 8 nitrogen and oxygen atoms in total. The Hall–Kier alpha value is -3.78. The first-order valence-electron chi connectivity index (χ1n) is 11.3. The third-order valence-electron chi connectivity index (χ3n) is 6.35. The van der Waals surface area contributed by atoms with Crippen molar-refractivity contribution in [2.75, 3.05) is 0 Å². The number of allylic oxidation sites excluding steroid dienone is 1. The first-order valence-corrected chi connectivity index (χ1v) is 11.3. The smallest absolute Gasteiger partial charge is 0.308 e. The number of carbonyl (C=O) groups is 2. The zero-order valence-electron chi connectivity index (χ0n) is 20.1. The lowest BCUT2D eigenvalue weighted by atomic mass is 9.77. The van der Waals surface area contributed by atoms with Gasteiger partial charge in [0.2, 0.25) is 11.4 Å². The van der Waals surface area contributed by atoms with Crippen LogP contribution in [0.25, 0.3) is 6.08 Å².